The second-order valence-corrected chi connectivity index (χ2v) is 5.13. The Balaban J connectivity index is 2.82. The van der Waals surface area contributed by atoms with E-state index >= 15 is 0 Å². The third kappa shape index (κ3) is 4.65. The number of nitrogens with two attached hydrogens (primary N) is 1. The average Bonchev–Trinajstić information content (AvgIpc) is 2.24. The van der Waals surface area contributed by atoms with Gasteiger partial charge in [-0.1, -0.05) is 6.92 Å². The second kappa shape index (κ2) is 6.98. The number of halogens is 2. The molecule has 0 radical (unpaired) electrons. The first-order valence-electron chi connectivity index (χ1n) is 5.14. The van der Waals surface area contributed by atoms with Gasteiger partial charge in [-0.25, -0.2) is 0 Å². The predicted octanol–water partition coefficient (Wildman–Crippen LogP) is 2.19. The van der Waals surface area contributed by atoms with Gasteiger partial charge in [0.05, 0.1) is 8.95 Å². The topological polar surface area (TPSA) is 64.3 Å². The van der Waals surface area contributed by atoms with Crippen LogP contribution in [0.2, 0.25) is 0 Å². The third-order valence-electron chi connectivity index (χ3n) is 2.00. The van der Waals surface area contributed by atoms with Crippen molar-refractivity contribution in [2.45, 2.75) is 13.5 Å². The van der Waals surface area contributed by atoms with E-state index in [4.69, 9.17) is 10.5 Å². The van der Waals surface area contributed by atoms with Crippen LogP contribution in [0.1, 0.15) is 12.5 Å². The van der Waals surface area contributed by atoms with Crippen LogP contribution >= 0.6 is 31.9 Å². The molecule has 0 aromatic heterocycles. The summed E-state index contributed by atoms with van der Waals surface area (Å²) in [5, 5.41) is 3.23. The van der Waals surface area contributed by atoms with Crippen molar-refractivity contribution in [3.63, 3.8) is 0 Å². The van der Waals surface area contributed by atoms with Gasteiger partial charge in [-0.2, -0.15) is 0 Å². The molecule has 0 spiro atoms. The number of carbonyl (C=O) groups excluding carboxylic acids is 1. The molecule has 3 N–H and O–H groups in total. The maximum atomic E-state index is 10.7. The largest absolute Gasteiger partial charge is 0.481 e. The molecule has 6 heteroatoms. The summed E-state index contributed by atoms with van der Waals surface area (Å²) in [6, 6.07) is 3.90. The van der Waals surface area contributed by atoms with Gasteiger partial charge in [0, 0.05) is 6.54 Å². The molecule has 4 nitrogen and oxygen atoms in total. The number of benzene rings is 1. The number of ether oxygens (including phenoxy) is 1. The lowest BCUT2D eigenvalue weighted by Crippen LogP contribution is -2.20. The molecule has 0 aliphatic carbocycles. The van der Waals surface area contributed by atoms with E-state index in [-0.39, 0.29) is 6.61 Å². The van der Waals surface area contributed by atoms with Crippen LogP contribution in [0.4, 0.5) is 0 Å². The molecule has 1 rings (SSSR count). The van der Waals surface area contributed by atoms with Gasteiger partial charge < -0.3 is 15.8 Å². The van der Waals surface area contributed by atoms with Crippen molar-refractivity contribution < 1.29 is 9.53 Å². The summed E-state index contributed by atoms with van der Waals surface area (Å²) in [6.07, 6.45) is 0. The smallest absolute Gasteiger partial charge is 0.255 e. The van der Waals surface area contributed by atoms with Gasteiger partial charge in [0.2, 0.25) is 0 Å². The summed E-state index contributed by atoms with van der Waals surface area (Å²) >= 11 is 6.81. The lowest BCUT2D eigenvalue weighted by atomic mass is 10.2. The number of hydrogen-bond acceptors (Lipinski definition) is 3. The van der Waals surface area contributed by atoms with Crippen LogP contribution in [-0.2, 0) is 11.3 Å². The molecule has 17 heavy (non-hydrogen) atoms. The summed E-state index contributed by atoms with van der Waals surface area (Å²) in [6.45, 7) is 3.61. The van der Waals surface area contributed by atoms with Crippen molar-refractivity contribution in [3.05, 3.63) is 26.6 Å². The van der Waals surface area contributed by atoms with E-state index in [9.17, 15) is 4.79 Å². The Kier molecular flexibility index (Phi) is 5.94. The molecule has 0 aliphatic heterocycles. The molecule has 0 heterocycles. The SMILES string of the molecule is CCNCc1cc(Br)c(OCC(N)=O)c(Br)c1. The lowest BCUT2D eigenvalue weighted by molar-refractivity contribution is -0.119. The molecule has 1 aromatic rings. The Morgan fingerprint density at radius 3 is 2.47 bits per heavy atom. The standard InChI is InChI=1S/C11H14Br2N2O2/c1-2-15-5-7-3-8(12)11(9(13)4-7)17-6-10(14)16/h3-4,15H,2,5-6H2,1H3,(H2,14,16). The maximum absolute atomic E-state index is 10.7. The number of carbonyl (C=O) groups is 1. The molecule has 0 saturated heterocycles. The van der Waals surface area contributed by atoms with E-state index in [1.807, 2.05) is 12.1 Å². The fourth-order valence-corrected chi connectivity index (χ4v) is 2.78. The molecule has 94 valence electrons. The average molecular weight is 366 g/mol. The van der Waals surface area contributed by atoms with E-state index in [1.165, 1.54) is 0 Å². The summed E-state index contributed by atoms with van der Waals surface area (Å²) in [5.41, 5.74) is 6.15. The van der Waals surface area contributed by atoms with Crippen LogP contribution in [0, 0.1) is 0 Å². The van der Waals surface area contributed by atoms with Crippen molar-refractivity contribution in [1.29, 1.82) is 0 Å². The van der Waals surface area contributed by atoms with Crippen LogP contribution in [0.25, 0.3) is 0 Å². The van der Waals surface area contributed by atoms with Crippen molar-refractivity contribution in [1.82, 2.24) is 5.32 Å². The first-order chi connectivity index (χ1) is 8.04. The monoisotopic (exact) mass is 364 g/mol. The summed E-state index contributed by atoms with van der Waals surface area (Å²) in [4.78, 5) is 10.7. The highest BCUT2D eigenvalue weighted by Gasteiger charge is 2.09. The van der Waals surface area contributed by atoms with Crippen molar-refractivity contribution in [2.75, 3.05) is 13.2 Å². The molecule has 0 atom stereocenters. The quantitative estimate of drug-likeness (QED) is 0.812. The van der Waals surface area contributed by atoms with E-state index in [0.717, 1.165) is 27.6 Å². The maximum Gasteiger partial charge on any atom is 0.255 e. The minimum atomic E-state index is -0.500. The van der Waals surface area contributed by atoms with Crippen molar-refractivity contribution in [3.8, 4) is 5.75 Å². The first-order valence-corrected chi connectivity index (χ1v) is 6.73. The van der Waals surface area contributed by atoms with Crippen LogP contribution in [0.5, 0.6) is 5.75 Å². The Morgan fingerprint density at radius 2 is 2.00 bits per heavy atom. The summed E-state index contributed by atoms with van der Waals surface area (Å²) in [5.74, 6) is 0.0876. The second-order valence-electron chi connectivity index (χ2n) is 3.42. The van der Waals surface area contributed by atoms with Gasteiger partial charge in [-0.3, -0.25) is 4.79 Å². The predicted molar refractivity (Wildman–Crippen MR) is 73.9 cm³/mol. The molecular formula is C11H14Br2N2O2. The fourth-order valence-electron chi connectivity index (χ4n) is 1.26. The van der Waals surface area contributed by atoms with Gasteiger partial charge in [-0.05, 0) is 56.1 Å². The van der Waals surface area contributed by atoms with E-state index in [2.05, 4.69) is 44.1 Å². The highest BCUT2D eigenvalue weighted by Crippen LogP contribution is 2.34. The van der Waals surface area contributed by atoms with Gasteiger partial charge in [0.15, 0.2) is 6.61 Å². The van der Waals surface area contributed by atoms with Crippen LogP contribution in [0.3, 0.4) is 0 Å². The zero-order valence-corrected chi connectivity index (χ0v) is 12.6. The fraction of sp³-hybridized carbons (Fsp3) is 0.364. The van der Waals surface area contributed by atoms with Crippen LogP contribution < -0.4 is 15.8 Å². The lowest BCUT2D eigenvalue weighted by Gasteiger charge is -2.11. The highest BCUT2D eigenvalue weighted by molar-refractivity contribution is 9.11. The van der Waals surface area contributed by atoms with E-state index < -0.39 is 5.91 Å². The van der Waals surface area contributed by atoms with Gasteiger partial charge >= 0.3 is 0 Å². The first kappa shape index (κ1) is 14.5. The number of nitrogens with one attached hydrogen (secondary N) is 1. The normalized spacial score (nSPS) is 10.3. The summed E-state index contributed by atoms with van der Waals surface area (Å²) in [7, 11) is 0. The Labute approximate surface area is 117 Å². The minimum absolute atomic E-state index is 0.135. The van der Waals surface area contributed by atoms with Crippen molar-refractivity contribution >= 4 is 37.8 Å². The van der Waals surface area contributed by atoms with Gasteiger partial charge in [0.25, 0.3) is 5.91 Å². The Morgan fingerprint density at radius 1 is 1.41 bits per heavy atom. The van der Waals surface area contributed by atoms with E-state index in [1.54, 1.807) is 0 Å². The van der Waals surface area contributed by atoms with E-state index in [0.29, 0.717) is 5.75 Å². The molecule has 0 fully saturated rings. The molecule has 0 unspecified atom stereocenters. The molecule has 1 aromatic carbocycles. The number of rotatable bonds is 6. The van der Waals surface area contributed by atoms with Gasteiger partial charge in [-0.15, -0.1) is 0 Å². The number of primary amides is 1. The minimum Gasteiger partial charge on any atom is -0.481 e. The van der Waals surface area contributed by atoms with Gasteiger partial charge in [0.1, 0.15) is 5.75 Å². The molecule has 0 bridgehead atoms. The molecule has 1 amide bonds. The highest BCUT2D eigenvalue weighted by atomic mass is 79.9. The third-order valence-corrected chi connectivity index (χ3v) is 3.17. The zero-order chi connectivity index (χ0) is 12.8. The molecule has 0 aliphatic rings. The van der Waals surface area contributed by atoms with Crippen molar-refractivity contribution in [2.24, 2.45) is 5.73 Å². The van der Waals surface area contributed by atoms with Crippen LogP contribution in [0.15, 0.2) is 21.1 Å². The number of amides is 1. The molecule has 0 saturated carbocycles. The molecular weight excluding hydrogens is 352 g/mol. The zero-order valence-electron chi connectivity index (χ0n) is 9.43. The van der Waals surface area contributed by atoms with Crippen LogP contribution in [-0.4, -0.2) is 19.1 Å². The summed E-state index contributed by atoms with van der Waals surface area (Å²) < 4.78 is 6.88. The number of hydrogen-bond donors (Lipinski definition) is 2. The Bertz CT molecular complexity index is 387. The Hall–Kier alpha value is -0.590.